The van der Waals surface area contributed by atoms with Crippen LogP contribution in [0.2, 0.25) is 5.02 Å². The number of hydrogen-bond donors (Lipinski definition) is 0. The molecule has 16 heavy (non-hydrogen) atoms. The first kappa shape index (κ1) is 10.8. The van der Waals surface area contributed by atoms with Crippen LogP contribution in [0.25, 0.3) is 11.3 Å². The van der Waals surface area contributed by atoms with Crippen molar-refractivity contribution in [3.05, 3.63) is 41.6 Å². The zero-order valence-corrected chi connectivity index (χ0v) is 9.20. The number of benzene rings is 1. The van der Waals surface area contributed by atoms with Crippen LogP contribution in [0.5, 0.6) is 5.75 Å². The minimum absolute atomic E-state index is 0.189. The van der Waals surface area contributed by atoms with Gasteiger partial charge in [0.25, 0.3) is 0 Å². The Morgan fingerprint density at radius 2 is 2.19 bits per heavy atom. The van der Waals surface area contributed by atoms with E-state index in [4.69, 9.17) is 16.3 Å². The quantitative estimate of drug-likeness (QED) is 0.807. The summed E-state index contributed by atoms with van der Waals surface area (Å²) in [5.74, 6) is -0.261. The smallest absolute Gasteiger partial charge is 0.165 e. The zero-order valence-electron chi connectivity index (χ0n) is 8.45. The molecule has 0 amide bonds. The Labute approximate surface area is 96.9 Å². The fourth-order valence-electron chi connectivity index (χ4n) is 1.34. The molecule has 0 saturated carbocycles. The zero-order chi connectivity index (χ0) is 11.5. The summed E-state index contributed by atoms with van der Waals surface area (Å²) in [6, 6.07) is 4.55. The van der Waals surface area contributed by atoms with Crippen molar-refractivity contribution in [1.29, 1.82) is 0 Å². The van der Waals surface area contributed by atoms with Crippen LogP contribution in [0.3, 0.4) is 0 Å². The lowest BCUT2D eigenvalue weighted by atomic mass is 10.1. The summed E-state index contributed by atoms with van der Waals surface area (Å²) in [6.45, 7) is 0. The fourth-order valence-corrected chi connectivity index (χ4v) is 1.55. The lowest BCUT2D eigenvalue weighted by molar-refractivity contribution is 0.386. The van der Waals surface area contributed by atoms with Crippen molar-refractivity contribution in [2.45, 2.75) is 0 Å². The third-order valence-electron chi connectivity index (χ3n) is 2.09. The molecule has 0 radical (unpaired) electrons. The summed E-state index contributed by atoms with van der Waals surface area (Å²) in [7, 11) is 1.41. The fraction of sp³-hybridized carbons (Fsp3) is 0.0909. The topological polar surface area (TPSA) is 35.0 Å². The van der Waals surface area contributed by atoms with Crippen molar-refractivity contribution in [2.24, 2.45) is 0 Å². The normalized spacial score (nSPS) is 10.2. The third kappa shape index (κ3) is 1.97. The molecule has 0 unspecified atom stereocenters. The molecule has 0 aliphatic carbocycles. The summed E-state index contributed by atoms with van der Waals surface area (Å²) in [6.07, 6.45) is 2.83. The third-order valence-corrected chi connectivity index (χ3v) is 2.37. The van der Waals surface area contributed by atoms with Gasteiger partial charge in [-0.3, -0.25) is 0 Å². The van der Waals surface area contributed by atoms with Crippen LogP contribution in [0, 0.1) is 5.82 Å². The Kier molecular flexibility index (Phi) is 3.01. The average molecular weight is 239 g/mol. The molecule has 1 heterocycles. The lowest BCUT2D eigenvalue weighted by Crippen LogP contribution is -1.91. The van der Waals surface area contributed by atoms with Crippen LogP contribution in [0.1, 0.15) is 0 Å². The maximum Gasteiger partial charge on any atom is 0.165 e. The van der Waals surface area contributed by atoms with Crippen molar-refractivity contribution in [3.8, 4) is 17.0 Å². The van der Waals surface area contributed by atoms with Crippen LogP contribution in [0.4, 0.5) is 4.39 Å². The van der Waals surface area contributed by atoms with Gasteiger partial charge in [0, 0.05) is 11.8 Å². The van der Waals surface area contributed by atoms with Gasteiger partial charge in [0.2, 0.25) is 0 Å². The van der Waals surface area contributed by atoms with E-state index in [0.29, 0.717) is 16.3 Å². The van der Waals surface area contributed by atoms with Gasteiger partial charge in [-0.2, -0.15) is 0 Å². The molecule has 2 aromatic rings. The molecule has 0 bridgehead atoms. The second-order valence-electron chi connectivity index (χ2n) is 3.07. The molecule has 3 nitrogen and oxygen atoms in total. The van der Waals surface area contributed by atoms with E-state index in [-0.39, 0.29) is 5.75 Å². The van der Waals surface area contributed by atoms with Crippen LogP contribution < -0.4 is 4.74 Å². The van der Waals surface area contributed by atoms with Gasteiger partial charge in [-0.1, -0.05) is 11.6 Å². The number of halogens is 2. The highest BCUT2D eigenvalue weighted by molar-refractivity contribution is 6.32. The van der Waals surface area contributed by atoms with Gasteiger partial charge in [0.1, 0.15) is 6.33 Å². The molecule has 0 aliphatic rings. The van der Waals surface area contributed by atoms with Gasteiger partial charge in [-0.25, -0.2) is 14.4 Å². The molecule has 0 fully saturated rings. The molecule has 1 aromatic carbocycles. The number of nitrogens with zero attached hydrogens (tertiary/aromatic N) is 2. The van der Waals surface area contributed by atoms with Crippen LogP contribution in [0.15, 0.2) is 30.7 Å². The highest BCUT2D eigenvalue weighted by Gasteiger charge is 2.08. The van der Waals surface area contributed by atoms with Crippen LogP contribution >= 0.6 is 11.6 Å². The van der Waals surface area contributed by atoms with Crippen molar-refractivity contribution in [3.63, 3.8) is 0 Å². The predicted octanol–water partition coefficient (Wildman–Crippen LogP) is 2.94. The second kappa shape index (κ2) is 4.45. The van der Waals surface area contributed by atoms with Gasteiger partial charge in [0.05, 0.1) is 17.8 Å². The molecule has 1 aromatic heterocycles. The molecule has 0 N–H and O–H groups in total. The standard InChI is InChI=1S/C11H8ClFN2O/c1-16-10-3-2-7(4-9(10)13)11-8(12)5-14-6-15-11/h2-6H,1H3. The molecule has 82 valence electrons. The minimum atomic E-state index is -0.449. The Morgan fingerprint density at radius 1 is 1.38 bits per heavy atom. The highest BCUT2D eigenvalue weighted by atomic mass is 35.5. The molecule has 0 saturated heterocycles. The van der Waals surface area contributed by atoms with Crippen molar-refractivity contribution in [2.75, 3.05) is 7.11 Å². The van der Waals surface area contributed by atoms with E-state index in [2.05, 4.69) is 9.97 Å². The predicted molar refractivity (Wildman–Crippen MR) is 59.0 cm³/mol. The van der Waals surface area contributed by atoms with E-state index in [9.17, 15) is 4.39 Å². The van der Waals surface area contributed by atoms with Gasteiger partial charge < -0.3 is 4.74 Å². The van der Waals surface area contributed by atoms with E-state index >= 15 is 0 Å². The molecular formula is C11H8ClFN2O. The maximum absolute atomic E-state index is 13.5. The Balaban J connectivity index is 2.50. The molecule has 5 heteroatoms. The Morgan fingerprint density at radius 3 is 2.81 bits per heavy atom. The molecule has 0 spiro atoms. The van der Waals surface area contributed by atoms with E-state index in [0.717, 1.165) is 0 Å². The summed E-state index contributed by atoms with van der Waals surface area (Å²) >= 11 is 5.91. The molecule has 0 aliphatic heterocycles. The molecule has 0 atom stereocenters. The Bertz CT molecular complexity index is 519. The molecular weight excluding hydrogens is 231 g/mol. The second-order valence-corrected chi connectivity index (χ2v) is 3.48. The first-order valence-electron chi connectivity index (χ1n) is 4.52. The maximum atomic E-state index is 13.5. The van der Waals surface area contributed by atoms with E-state index in [1.54, 1.807) is 6.07 Å². The van der Waals surface area contributed by atoms with Crippen molar-refractivity contribution >= 4 is 11.6 Å². The van der Waals surface area contributed by atoms with Crippen LogP contribution in [-0.4, -0.2) is 17.1 Å². The average Bonchev–Trinajstić information content (AvgIpc) is 2.29. The number of methoxy groups -OCH3 is 1. The van der Waals surface area contributed by atoms with Gasteiger partial charge in [-0.15, -0.1) is 0 Å². The summed E-state index contributed by atoms with van der Waals surface area (Å²) in [5, 5.41) is 0.382. The SMILES string of the molecule is COc1ccc(-c2ncncc2Cl)cc1F. The first-order valence-corrected chi connectivity index (χ1v) is 4.89. The molecule has 2 rings (SSSR count). The minimum Gasteiger partial charge on any atom is -0.494 e. The van der Waals surface area contributed by atoms with Crippen molar-refractivity contribution < 1.29 is 9.13 Å². The van der Waals surface area contributed by atoms with E-state index in [1.807, 2.05) is 0 Å². The van der Waals surface area contributed by atoms with Gasteiger partial charge >= 0.3 is 0 Å². The van der Waals surface area contributed by atoms with Crippen LogP contribution in [-0.2, 0) is 0 Å². The number of rotatable bonds is 2. The Hall–Kier alpha value is -1.68. The number of ether oxygens (including phenoxy) is 1. The van der Waals surface area contributed by atoms with E-state index in [1.165, 1.54) is 31.8 Å². The lowest BCUT2D eigenvalue weighted by Gasteiger charge is -2.05. The summed E-state index contributed by atoms with van der Waals surface area (Å²) < 4.78 is 18.3. The van der Waals surface area contributed by atoms with Gasteiger partial charge in [0.15, 0.2) is 11.6 Å². The van der Waals surface area contributed by atoms with E-state index < -0.39 is 5.82 Å². The monoisotopic (exact) mass is 238 g/mol. The summed E-state index contributed by atoms with van der Waals surface area (Å²) in [5.41, 5.74) is 1.09. The first-order chi connectivity index (χ1) is 7.72. The number of aromatic nitrogens is 2. The van der Waals surface area contributed by atoms with Crippen molar-refractivity contribution in [1.82, 2.24) is 9.97 Å². The van der Waals surface area contributed by atoms with Gasteiger partial charge in [-0.05, 0) is 18.2 Å². The number of hydrogen-bond acceptors (Lipinski definition) is 3. The largest absolute Gasteiger partial charge is 0.494 e. The summed E-state index contributed by atoms with van der Waals surface area (Å²) in [4.78, 5) is 7.76. The highest BCUT2D eigenvalue weighted by Crippen LogP contribution is 2.28.